The van der Waals surface area contributed by atoms with Crippen LogP contribution in [0.25, 0.3) is 0 Å². The summed E-state index contributed by atoms with van der Waals surface area (Å²) in [6.07, 6.45) is 3.07. The Morgan fingerprint density at radius 1 is 1.41 bits per heavy atom. The minimum atomic E-state index is 0.117. The molecule has 0 spiro atoms. The maximum Gasteiger partial charge on any atom is 0.122 e. The number of nitrogens with two attached hydrogens (primary N) is 2. The van der Waals surface area contributed by atoms with Gasteiger partial charge in [-0.3, -0.25) is 0 Å². The van der Waals surface area contributed by atoms with E-state index in [1.807, 2.05) is 6.07 Å². The molecular formula is C14H22N2O. The molecule has 17 heavy (non-hydrogen) atoms. The zero-order valence-electron chi connectivity index (χ0n) is 10.6. The summed E-state index contributed by atoms with van der Waals surface area (Å²) >= 11 is 0. The van der Waals surface area contributed by atoms with Crippen LogP contribution in [-0.4, -0.2) is 13.2 Å². The summed E-state index contributed by atoms with van der Waals surface area (Å²) in [7, 11) is 1.71. The fourth-order valence-corrected chi connectivity index (χ4v) is 2.56. The van der Waals surface area contributed by atoms with Crippen LogP contribution in [0, 0.1) is 5.92 Å². The normalized spacial score (nSPS) is 25.2. The molecule has 94 valence electrons. The average molecular weight is 234 g/mol. The molecule has 3 heteroatoms. The summed E-state index contributed by atoms with van der Waals surface area (Å²) in [4.78, 5) is 0. The van der Waals surface area contributed by atoms with E-state index in [1.165, 1.54) is 11.1 Å². The van der Waals surface area contributed by atoms with Gasteiger partial charge in [0.15, 0.2) is 0 Å². The highest BCUT2D eigenvalue weighted by molar-refractivity contribution is 5.38. The molecule has 0 heterocycles. The summed E-state index contributed by atoms with van der Waals surface area (Å²) in [6, 6.07) is 6.74. The van der Waals surface area contributed by atoms with E-state index in [9.17, 15) is 0 Å². The Hall–Kier alpha value is -1.06. The summed E-state index contributed by atoms with van der Waals surface area (Å²) in [6.45, 7) is 2.13. The number of hydrogen-bond acceptors (Lipinski definition) is 3. The highest BCUT2D eigenvalue weighted by Gasteiger charge is 2.31. The van der Waals surface area contributed by atoms with Crippen molar-refractivity contribution < 1.29 is 4.74 Å². The molecule has 0 saturated heterocycles. The molecule has 0 aromatic heterocycles. The molecule has 1 aliphatic carbocycles. The van der Waals surface area contributed by atoms with E-state index in [0.29, 0.717) is 12.0 Å². The van der Waals surface area contributed by atoms with Crippen molar-refractivity contribution in [2.24, 2.45) is 17.4 Å². The van der Waals surface area contributed by atoms with Crippen LogP contribution < -0.4 is 16.2 Å². The predicted octanol–water partition coefficient (Wildman–Crippen LogP) is 1.99. The van der Waals surface area contributed by atoms with Crippen LogP contribution in [0.3, 0.4) is 0 Å². The van der Waals surface area contributed by atoms with Gasteiger partial charge in [-0.05, 0) is 42.4 Å². The average Bonchev–Trinajstić information content (AvgIpc) is 2.33. The van der Waals surface area contributed by atoms with Gasteiger partial charge in [-0.2, -0.15) is 0 Å². The molecule has 1 unspecified atom stereocenters. The van der Waals surface area contributed by atoms with Gasteiger partial charge in [0.1, 0.15) is 5.75 Å². The minimum Gasteiger partial charge on any atom is -0.496 e. The molecular weight excluding hydrogens is 212 g/mol. The third-order valence-corrected chi connectivity index (χ3v) is 3.79. The SMILES string of the molecule is CCc1cc(C(N)C2CC(N)C2)ccc1OC. The van der Waals surface area contributed by atoms with Crippen LogP contribution in [0.1, 0.15) is 36.9 Å². The molecule has 1 aliphatic rings. The molecule has 2 rings (SSSR count). The van der Waals surface area contributed by atoms with E-state index in [-0.39, 0.29) is 6.04 Å². The van der Waals surface area contributed by atoms with E-state index in [1.54, 1.807) is 7.11 Å². The first-order valence-corrected chi connectivity index (χ1v) is 6.33. The van der Waals surface area contributed by atoms with Gasteiger partial charge < -0.3 is 16.2 Å². The van der Waals surface area contributed by atoms with Crippen molar-refractivity contribution in [3.05, 3.63) is 29.3 Å². The summed E-state index contributed by atoms with van der Waals surface area (Å²) < 4.78 is 5.33. The monoisotopic (exact) mass is 234 g/mol. The summed E-state index contributed by atoms with van der Waals surface area (Å²) in [5.41, 5.74) is 14.5. The van der Waals surface area contributed by atoms with Crippen LogP contribution in [0.15, 0.2) is 18.2 Å². The number of hydrogen-bond donors (Lipinski definition) is 2. The predicted molar refractivity (Wildman–Crippen MR) is 70.0 cm³/mol. The van der Waals surface area contributed by atoms with E-state index < -0.39 is 0 Å². The molecule has 4 N–H and O–H groups in total. The van der Waals surface area contributed by atoms with E-state index in [0.717, 1.165) is 25.0 Å². The highest BCUT2D eigenvalue weighted by atomic mass is 16.5. The highest BCUT2D eigenvalue weighted by Crippen LogP contribution is 2.36. The summed E-state index contributed by atoms with van der Waals surface area (Å²) in [5.74, 6) is 1.50. The first-order chi connectivity index (χ1) is 8.15. The standard InChI is InChI=1S/C14H22N2O/c1-3-9-6-10(4-5-13(9)17-2)14(16)11-7-12(15)8-11/h4-6,11-12,14H,3,7-8,15-16H2,1-2H3. The van der Waals surface area contributed by atoms with Crippen molar-refractivity contribution in [1.29, 1.82) is 0 Å². The Balaban J connectivity index is 2.15. The minimum absolute atomic E-state index is 0.117. The lowest BCUT2D eigenvalue weighted by molar-refractivity contribution is 0.224. The Kier molecular flexibility index (Phi) is 3.69. The lowest BCUT2D eigenvalue weighted by Crippen LogP contribution is -2.41. The van der Waals surface area contributed by atoms with Crippen LogP contribution >= 0.6 is 0 Å². The van der Waals surface area contributed by atoms with Crippen LogP contribution in [0.2, 0.25) is 0 Å². The van der Waals surface area contributed by atoms with Crippen molar-refractivity contribution in [1.82, 2.24) is 0 Å². The van der Waals surface area contributed by atoms with Gasteiger partial charge in [-0.1, -0.05) is 19.1 Å². The Morgan fingerprint density at radius 3 is 2.65 bits per heavy atom. The third-order valence-electron chi connectivity index (χ3n) is 3.79. The van der Waals surface area contributed by atoms with Crippen molar-refractivity contribution in [3.63, 3.8) is 0 Å². The van der Waals surface area contributed by atoms with Crippen molar-refractivity contribution in [3.8, 4) is 5.75 Å². The lowest BCUT2D eigenvalue weighted by atomic mass is 9.74. The van der Waals surface area contributed by atoms with Gasteiger partial charge in [0.05, 0.1) is 7.11 Å². The molecule has 0 bridgehead atoms. The zero-order valence-corrected chi connectivity index (χ0v) is 10.6. The molecule has 1 aromatic carbocycles. The Labute approximate surface area is 103 Å². The molecule has 0 aliphatic heterocycles. The zero-order chi connectivity index (χ0) is 12.4. The number of methoxy groups -OCH3 is 1. The largest absolute Gasteiger partial charge is 0.496 e. The molecule has 3 nitrogen and oxygen atoms in total. The third kappa shape index (κ3) is 2.45. The van der Waals surface area contributed by atoms with E-state index >= 15 is 0 Å². The smallest absolute Gasteiger partial charge is 0.122 e. The van der Waals surface area contributed by atoms with Gasteiger partial charge >= 0.3 is 0 Å². The topological polar surface area (TPSA) is 61.3 Å². The summed E-state index contributed by atoms with van der Waals surface area (Å²) in [5, 5.41) is 0. The van der Waals surface area contributed by atoms with Crippen molar-refractivity contribution >= 4 is 0 Å². The second-order valence-corrected chi connectivity index (χ2v) is 4.94. The molecule has 0 amide bonds. The quantitative estimate of drug-likeness (QED) is 0.837. The number of rotatable bonds is 4. The van der Waals surface area contributed by atoms with Crippen LogP contribution in [0.4, 0.5) is 0 Å². The first kappa shape index (κ1) is 12.4. The van der Waals surface area contributed by atoms with Crippen molar-refractivity contribution in [2.75, 3.05) is 7.11 Å². The van der Waals surface area contributed by atoms with Crippen molar-refractivity contribution in [2.45, 2.75) is 38.3 Å². The fourth-order valence-electron chi connectivity index (χ4n) is 2.56. The first-order valence-electron chi connectivity index (χ1n) is 6.33. The van der Waals surface area contributed by atoms with Gasteiger partial charge in [-0.15, -0.1) is 0 Å². The molecule has 1 aromatic rings. The molecule has 1 saturated carbocycles. The van der Waals surface area contributed by atoms with Gasteiger partial charge in [0.2, 0.25) is 0 Å². The van der Waals surface area contributed by atoms with Crippen LogP contribution in [0.5, 0.6) is 5.75 Å². The van der Waals surface area contributed by atoms with Gasteiger partial charge in [0.25, 0.3) is 0 Å². The second-order valence-electron chi connectivity index (χ2n) is 4.94. The fraction of sp³-hybridized carbons (Fsp3) is 0.571. The number of aryl methyl sites for hydroxylation is 1. The van der Waals surface area contributed by atoms with Gasteiger partial charge in [0, 0.05) is 12.1 Å². The number of benzene rings is 1. The Morgan fingerprint density at radius 2 is 2.12 bits per heavy atom. The Bertz CT molecular complexity index is 386. The van der Waals surface area contributed by atoms with Gasteiger partial charge in [-0.25, -0.2) is 0 Å². The molecule has 0 radical (unpaired) electrons. The maximum absolute atomic E-state index is 6.28. The van der Waals surface area contributed by atoms with E-state index in [2.05, 4.69) is 19.1 Å². The molecule has 1 atom stereocenters. The second kappa shape index (κ2) is 5.07. The maximum atomic E-state index is 6.28. The van der Waals surface area contributed by atoms with E-state index in [4.69, 9.17) is 16.2 Å². The lowest BCUT2D eigenvalue weighted by Gasteiger charge is -2.37. The molecule has 1 fully saturated rings. The number of ether oxygens (including phenoxy) is 1. The van der Waals surface area contributed by atoms with Crippen LogP contribution in [-0.2, 0) is 6.42 Å².